The Labute approximate surface area is 198 Å². The van der Waals surface area contributed by atoms with Crippen LogP contribution in [-0.4, -0.2) is 23.8 Å². The monoisotopic (exact) mass is 489 g/mol. The number of rotatable bonds is 6. The Morgan fingerprint density at radius 3 is 2.15 bits per heavy atom. The lowest BCUT2D eigenvalue weighted by molar-refractivity contribution is -0.138. The molecule has 0 saturated carbocycles. The van der Waals surface area contributed by atoms with Gasteiger partial charge in [-0.05, 0) is 39.9 Å². The van der Waals surface area contributed by atoms with Crippen LogP contribution in [0.25, 0.3) is 11.1 Å². The van der Waals surface area contributed by atoms with Crippen molar-refractivity contribution in [1.82, 2.24) is 5.32 Å². The molecule has 5 nitrogen and oxygen atoms in total. The molecule has 1 atom stereocenters. The predicted molar refractivity (Wildman–Crippen MR) is 120 cm³/mol. The number of carboxylic acid groups (broad SMARTS) is 1. The summed E-state index contributed by atoms with van der Waals surface area (Å²) in [6, 6.07) is 17.2. The van der Waals surface area contributed by atoms with Crippen molar-refractivity contribution in [2.75, 3.05) is 6.61 Å². The number of ether oxygens (including phenoxy) is 1. The molecule has 0 aliphatic heterocycles. The third-order valence-corrected chi connectivity index (χ3v) is 6.04. The van der Waals surface area contributed by atoms with Crippen LogP contribution in [-0.2, 0) is 15.7 Å². The van der Waals surface area contributed by atoms with E-state index in [9.17, 15) is 27.9 Å². The Hall–Kier alpha value is -3.52. The second-order valence-electron chi connectivity index (χ2n) is 7.86. The highest BCUT2D eigenvalue weighted by Gasteiger charge is 2.34. The number of carboxylic acids is 1. The average molecular weight is 490 g/mol. The molecule has 0 radical (unpaired) electrons. The molecule has 1 aliphatic carbocycles. The Balaban J connectivity index is 1.51. The van der Waals surface area contributed by atoms with Gasteiger partial charge in [0.25, 0.3) is 0 Å². The number of alkyl halides is 3. The third kappa shape index (κ3) is 4.87. The maximum Gasteiger partial charge on any atom is 0.417 e. The van der Waals surface area contributed by atoms with Crippen LogP contribution in [0, 0.1) is 0 Å². The van der Waals surface area contributed by atoms with E-state index in [1.165, 1.54) is 6.07 Å². The van der Waals surface area contributed by atoms with Crippen LogP contribution >= 0.6 is 11.6 Å². The van der Waals surface area contributed by atoms with Gasteiger partial charge in [-0.3, -0.25) is 4.79 Å². The van der Waals surface area contributed by atoms with Crippen LogP contribution in [0.3, 0.4) is 0 Å². The molecule has 0 heterocycles. The predicted octanol–water partition coefficient (Wildman–Crippen LogP) is 6.41. The highest BCUT2D eigenvalue weighted by atomic mass is 35.5. The largest absolute Gasteiger partial charge is 0.481 e. The summed E-state index contributed by atoms with van der Waals surface area (Å²) in [6.45, 7) is -0.0198. The van der Waals surface area contributed by atoms with E-state index in [1.807, 2.05) is 48.5 Å². The molecule has 1 amide bonds. The first-order chi connectivity index (χ1) is 16.1. The van der Waals surface area contributed by atoms with Gasteiger partial charge in [-0.25, -0.2) is 4.79 Å². The van der Waals surface area contributed by atoms with Crippen molar-refractivity contribution in [3.8, 4) is 11.1 Å². The summed E-state index contributed by atoms with van der Waals surface area (Å²) < 4.78 is 45.1. The second kappa shape index (κ2) is 9.38. The minimum Gasteiger partial charge on any atom is -0.481 e. The first-order valence-corrected chi connectivity index (χ1v) is 10.7. The Kier molecular flexibility index (Phi) is 6.52. The SMILES string of the molecule is O=C(O)C[C@@H](NC(=O)OCC1c2ccccc2-c2ccccc21)c1ccc(Cl)c(C(F)(F)F)c1. The summed E-state index contributed by atoms with van der Waals surface area (Å²) in [5, 5.41) is 11.1. The van der Waals surface area contributed by atoms with Crippen LogP contribution in [0.5, 0.6) is 0 Å². The van der Waals surface area contributed by atoms with E-state index in [-0.39, 0.29) is 18.1 Å². The molecular weight excluding hydrogens is 471 g/mol. The minimum atomic E-state index is -4.73. The van der Waals surface area contributed by atoms with E-state index in [0.717, 1.165) is 34.4 Å². The fourth-order valence-corrected chi connectivity index (χ4v) is 4.41. The summed E-state index contributed by atoms with van der Waals surface area (Å²) in [4.78, 5) is 23.9. The van der Waals surface area contributed by atoms with Crippen molar-refractivity contribution in [2.24, 2.45) is 0 Å². The molecule has 2 N–H and O–H groups in total. The van der Waals surface area contributed by atoms with E-state index in [1.54, 1.807) is 0 Å². The summed E-state index contributed by atoms with van der Waals surface area (Å²) in [5.41, 5.74) is 2.90. The average Bonchev–Trinajstić information content (AvgIpc) is 3.10. The Morgan fingerprint density at radius 1 is 1.00 bits per heavy atom. The molecule has 0 fully saturated rings. The van der Waals surface area contributed by atoms with Gasteiger partial charge in [0.15, 0.2) is 0 Å². The summed E-state index contributed by atoms with van der Waals surface area (Å²) in [6.07, 6.45) is -6.30. The third-order valence-electron chi connectivity index (χ3n) is 5.71. The molecule has 4 rings (SSSR count). The standard InChI is InChI=1S/C25H19ClF3NO4/c26-21-10-9-14(11-20(21)25(27,28)29)22(12-23(31)32)30-24(33)34-13-19-17-7-3-1-5-15(17)16-6-2-4-8-18(16)19/h1-11,19,22H,12-13H2,(H,30,33)(H,31,32)/t22-/m1/s1. The number of alkyl carbamates (subject to hydrolysis) is 1. The minimum absolute atomic E-state index is 0.0198. The fourth-order valence-electron chi connectivity index (χ4n) is 4.19. The number of nitrogens with one attached hydrogen (secondary N) is 1. The van der Waals surface area contributed by atoms with Crippen molar-refractivity contribution >= 4 is 23.7 Å². The topological polar surface area (TPSA) is 75.6 Å². The van der Waals surface area contributed by atoms with Crippen LogP contribution in [0.1, 0.15) is 40.6 Å². The fraction of sp³-hybridized carbons (Fsp3) is 0.200. The highest BCUT2D eigenvalue weighted by molar-refractivity contribution is 6.31. The Bertz CT molecular complexity index is 1200. The summed E-state index contributed by atoms with van der Waals surface area (Å²) >= 11 is 5.65. The van der Waals surface area contributed by atoms with Crippen LogP contribution in [0.15, 0.2) is 66.7 Å². The van der Waals surface area contributed by atoms with E-state index >= 15 is 0 Å². The zero-order valence-electron chi connectivity index (χ0n) is 17.6. The summed E-state index contributed by atoms with van der Waals surface area (Å²) in [5.74, 6) is -1.52. The molecule has 9 heteroatoms. The molecule has 0 spiro atoms. The molecule has 3 aromatic rings. The van der Waals surface area contributed by atoms with Crippen LogP contribution in [0.2, 0.25) is 5.02 Å². The van der Waals surface area contributed by atoms with Crippen molar-refractivity contribution in [2.45, 2.75) is 24.6 Å². The molecule has 0 aromatic heterocycles. The first-order valence-electron chi connectivity index (χ1n) is 10.3. The van der Waals surface area contributed by atoms with Gasteiger partial charge in [0.2, 0.25) is 0 Å². The van der Waals surface area contributed by atoms with Crippen LogP contribution in [0.4, 0.5) is 18.0 Å². The van der Waals surface area contributed by atoms with Gasteiger partial charge < -0.3 is 15.2 Å². The number of carbonyl (C=O) groups excluding carboxylic acids is 1. The summed E-state index contributed by atoms with van der Waals surface area (Å²) in [7, 11) is 0. The van der Waals surface area contributed by atoms with Crippen molar-refractivity contribution in [3.05, 3.63) is 94.0 Å². The molecule has 1 aliphatic rings. The smallest absolute Gasteiger partial charge is 0.417 e. The molecule has 3 aromatic carbocycles. The van der Waals surface area contributed by atoms with Gasteiger partial charge in [0.1, 0.15) is 6.61 Å². The first kappa shape index (κ1) is 23.6. The number of carbonyl (C=O) groups is 2. The molecule has 34 heavy (non-hydrogen) atoms. The maximum atomic E-state index is 13.2. The van der Waals surface area contributed by atoms with E-state index in [4.69, 9.17) is 16.3 Å². The van der Waals surface area contributed by atoms with Crippen molar-refractivity contribution in [1.29, 1.82) is 0 Å². The van der Waals surface area contributed by atoms with Gasteiger partial charge in [-0.1, -0.05) is 66.2 Å². The number of halogens is 4. The van der Waals surface area contributed by atoms with Gasteiger partial charge in [-0.2, -0.15) is 13.2 Å². The lowest BCUT2D eigenvalue weighted by Crippen LogP contribution is -2.32. The van der Waals surface area contributed by atoms with Crippen molar-refractivity contribution in [3.63, 3.8) is 0 Å². The Morgan fingerprint density at radius 2 is 1.59 bits per heavy atom. The lowest BCUT2D eigenvalue weighted by atomic mass is 9.98. The van der Waals surface area contributed by atoms with Crippen LogP contribution < -0.4 is 5.32 Å². The number of amides is 1. The zero-order valence-corrected chi connectivity index (χ0v) is 18.4. The number of benzene rings is 3. The van der Waals surface area contributed by atoms with Gasteiger partial charge in [0.05, 0.1) is 23.0 Å². The van der Waals surface area contributed by atoms with E-state index in [0.29, 0.717) is 0 Å². The second-order valence-corrected chi connectivity index (χ2v) is 8.26. The van der Waals surface area contributed by atoms with E-state index in [2.05, 4.69) is 5.32 Å². The maximum absolute atomic E-state index is 13.2. The molecule has 0 saturated heterocycles. The van der Waals surface area contributed by atoms with Gasteiger partial charge >= 0.3 is 18.2 Å². The molecule has 0 unspecified atom stereocenters. The quantitative estimate of drug-likeness (QED) is 0.419. The normalized spacial score (nSPS) is 13.6. The zero-order chi connectivity index (χ0) is 24.5. The number of fused-ring (bicyclic) bond motifs is 3. The van der Waals surface area contributed by atoms with E-state index < -0.39 is 41.3 Å². The van der Waals surface area contributed by atoms with Gasteiger partial charge in [0, 0.05) is 5.92 Å². The molecular formula is C25H19ClF3NO4. The molecule has 176 valence electrons. The number of aliphatic carboxylic acids is 1. The lowest BCUT2D eigenvalue weighted by Gasteiger charge is -2.20. The molecule has 0 bridgehead atoms. The number of hydrogen-bond acceptors (Lipinski definition) is 3. The van der Waals surface area contributed by atoms with Gasteiger partial charge in [-0.15, -0.1) is 0 Å². The van der Waals surface area contributed by atoms with Crippen molar-refractivity contribution < 1.29 is 32.6 Å². The number of hydrogen-bond donors (Lipinski definition) is 2. The highest BCUT2D eigenvalue weighted by Crippen LogP contribution is 2.44.